The Hall–Kier alpha value is -3.15. The highest BCUT2D eigenvalue weighted by molar-refractivity contribution is 6.42. The maximum Gasteiger partial charge on any atom is 0.490 e. The molecule has 3 unspecified atom stereocenters. The van der Waals surface area contributed by atoms with Crippen molar-refractivity contribution in [2.24, 2.45) is 17.8 Å². The highest BCUT2D eigenvalue weighted by Crippen LogP contribution is 2.51. The first kappa shape index (κ1) is 32.4. The number of ether oxygens (including phenoxy) is 1. The number of carbonyl (C=O) groups is 4. The third-order valence-corrected chi connectivity index (χ3v) is 7.85. The average Bonchev–Trinajstić information content (AvgIpc) is 3.37. The number of carboxylic acid groups (broad SMARTS) is 1. The summed E-state index contributed by atoms with van der Waals surface area (Å²) in [6.07, 6.45) is -4.70. The molecule has 2 amide bonds. The van der Waals surface area contributed by atoms with E-state index in [2.05, 4.69) is 5.32 Å². The van der Waals surface area contributed by atoms with Gasteiger partial charge in [-0.05, 0) is 48.1 Å². The zero-order chi connectivity index (χ0) is 30.9. The summed E-state index contributed by atoms with van der Waals surface area (Å²) >= 11 is 12.2. The van der Waals surface area contributed by atoms with Crippen molar-refractivity contribution in [1.82, 2.24) is 10.2 Å². The van der Waals surface area contributed by atoms with Gasteiger partial charge in [0.05, 0.1) is 29.0 Å². The minimum atomic E-state index is -5.08. The Kier molecular flexibility index (Phi) is 9.77. The zero-order valence-corrected chi connectivity index (χ0v) is 24.1. The van der Waals surface area contributed by atoms with Gasteiger partial charge < -0.3 is 9.84 Å². The second-order valence-corrected chi connectivity index (χ2v) is 11.0. The average molecular weight is 617 g/mol. The molecule has 2 fully saturated rings. The summed E-state index contributed by atoms with van der Waals surface area (Å²) in [6.45, 7) is 6.01. The molecule has 2 heterocycles. The van der Waals surface area contributed by atoms with E-state index in [0.29, 0.717) is 16.5 Å². The van der Waals surface area contributed by atoms with Crippen molar-refractivity contribution in [2.75, 3.05) is 13.7 Å². The largest absolute Gasteiger partial charge is 0.490 e. The fourth-order valence-electron chi connectivity index (χ4n) is 5.50. The van der Waals surface area contributed by atoms with Gasteiger partial charge in [-0.3, -0.25) is 24.6 Å². The summed E-state index contributed by atoms with van der Waals surface area (Å²) in [6, 6.07) is 12.6. The molecule has 2 aliphatic rings. The Bertz CT molecular complexity index is 1340. The van der Waals surface area contributed by atoms with E-state index in [4.69, 9.17) is 37.8 Å². The molecule has 2 aromatic rings. The number of rotatable bonds is 6. The molecule has 0 radical (unpaired) electrons. The van der Waals surface area contributed by atoms with Crippen LogP contribution in [-0.4, -0.2) is 59.1 Å². The molecule has 2 saturated heterocycles. The lowest BCUT2D eigenvalue weighted by molar-refractivity contribution is -0.192. The Labute approximate surface area is 244 Å². The van der Waals surface area contributed by atoms with Crippen molar-refractivity contribution < 1.29 is 42.2 Å². The number of halogens is 5. The van der Waals surface area contributed by atoms with Crippen LogP contribution < -0.4 is 5.32 Å². The van der Waals surface area contributed by atoms with Crippen LogP contribution in [0.2, 0.25) is 10.0 Å². The van der Waals surface area contributed by atoms with Crippen LogP contribution in [-0.2, 0) is 23.9 Å². The molecule has 0 spiro atoms. The fourth-order valence-corrected chi connectivity index (χ4v) is 5.80. The van der Waals surface area contributed by atoms with E-state index in [9.17, 15) is 27.6 Å². The van der Waals surface area contributed by atoms with Crippen molar-refractivity contribution in [1.29, 1.82) is 0 Å². The van der Waals surface area contributed by atoms with Gasteiger partial charge in [-0.2, -0.15) is 13.2 Å². The van der Waals surface area contributed by atoms with Crippen LogP contribution in [0.25, 0.3) is 11.1 Å². The molecular formula is C28H29Cl2F3N2O6. The van der Waals surface area contributed by atoms with Crippen LogP contribution >= 0.6 is 23.2 Å². The molecule has 4 rings (SSSR count). The molecule has 2 aliphatic heterocycles. The summed E-state index contributed by atoms with van der Waals surface area (Å²) in [5, 5.41) is 11.5. The fraction of sp³-hybridized carbons (Fsp3) is 0.429. The molecular weight excluding hydrogens is 588 g/mol. The van der Waals surface area contributed by atoms with Gasteiger partial charge >= 0.3 is 18.1 Å². The highest BCUT2D eigenvalue weighted by atomic mass is 35.5. The number of benzene rings is 2. The Morgan fingerprint density at radius 1 is 1.05 bits per heavy atom. The molecule has 0 aromatic heterocycles. The van der Waals surface area contributed by atoms with Crippen molar-refractivity contribution in [3.63, 3.8) is 0 Å². The van der Waals surface area contributed by atoms with E-state index >= 15 is 0 Å². The van der Waals surface area contributed by atoms with Crippen molar-refractivity contribution in [3.05, 3.63) is 58.1 Å². The number of imide groups is 1. The molecule has 2 N–H and O–H groups in total. The Morgan fingerprint density at radius 3 is 2.07 bits per heavy atom. The highest BCUT2D eigenvalue weighted by Gasteiger charge is 2.68. The molecule has 0 aliphatic carbocycles. The number of carbonyl (C=O) groups excluding carboxylic acids is 3. The number of nitrogens with zero attached hydrogens (tertiary/aromatic N) is 1. The zero-order valence-electron chi connectivity index (χ0n) is 22.6. The smallest absolute Gasteiger partial charge is 0.475 e. The van der Waals surface area contributed by atoms with Crippen LogP contribution in [0.4, 0.5) is 13.2 Å². The lowest BCUT2D eigenvalue weighted by Crippen LogP contribution is -2.57. The van der Waals surface area contributed by atoms with Gasteiger partial charge in [-0.1, -0.05) is 67.4 Å². The lowest BCUT2D eigenvalue weighted by Gasteiger charge is -2.33. The molecule has 0 bridgehead atoms. The number of alkyl halides is 3. The molecule has 2 aromatic carbocycles. The topological polar surface area (TPSA) is 113 Å². The van der Waals surface area contributed by atoms with E-state index in [1.54, 1.807) is 19.1 Å². The summed E-state index contributed by atoms with van der Waals surface area (Å²) in [7, 11) is 1.32. The monoisotopic (exact) mass is 616 g/mol. The van der Waals surface area contributed by atoms with Gasteiger partial charge in [0.25, 0.3) is 0 Å². The number of nitrogens with one attached hydrogen (secondary N) is 1. The summed E-state index contributed by atoms with van der Waals surface area (Å²) < 4.78 is 36.9. The number of esters is 1. The Morgan fingerprint density at radius 2 is 1.61 bits per heavy atom. The first-order chi connectivity index (χ1) is 19.1. The van der Waals surface area contributed by atoms with Crippen LogP contribution in [0.3, 0.4) is 0 Å². The third kappa shape index (κ3) is 6.37. The van der Waals surface area contributed by atoms with Gasteiger partial charge in [-0.25, -0.2) is 4.79 Å². The molecule has 41 heavy (non-hydrogen) atoms. The number of amides is 2. The number of aliphatic carboxylic acids is 1. The summed E-state index contributed by atoms with van der Waals surface area (Å²) in [4.78, 5) is 50.0. The van der Waals surface area contributed by atoms with Gasteiger partial charge in [0.15, 0.2) is 0 Å². The SMILES string of the molecule is CCN1C(=O)C2C(c3ccc(-c4ccc(Cl)c(Cl)c4)cc3)N[C@@](CC(C)C)(C(=O)OC)C2C1=O.O=C(O)C(F)(F)F. The number of carboxylic acids is 1. The van der Waals surface area contributed by atoms with Crippen molar-refractivity contribution in [3.8, 4) is 11.1 Å². The maximum atomic E-state index is 13.4. The van der Waals surface area contributed by atoms with Gasteiger partial charge in [0.1, 0.15) is 5.54 Å². The van der Waals surface area contributed by atoms with E-state index < -0.39 is 41.5 Å². The first-order valence-electron chi connectivity index (χ1n) is 12.7. The van der Waals surface area contributed by atoms with Crippen LogP contribution in [0, 0.1) is 17.8 Å². The molecule has 4 atom stereocenters. The third-order valence-electron chi connectivity index (χ3n) is 7.11. The number of fused-ring (bicyclic) bond motifs is 1. The number of hydrogen-bond donors (Lipinski definition) is 2. The number of likely N-dealkylation sites (tertiary alicyclic amines) is 1. The number of hydrogen-bond acceptors (Lipinski definition) is 6. The Balaban J connectivity index is 0.000000587. The summed E-state index contributed by atoms with van der Waals surface area (Å²) in [5.41, 5.74) is 1.40. The second kappa shape index (κ2) is 12.4. The van der Waals surface area contributed by atoms with Gasteiger partial charge in [0.2, 0.25) is 11.8 Å². The van der Waals surface area contributed by atoms with Gasteiger partial charge in [0, 0.05) is 12.6 Å². The molecule has 13 heteroatoms. The minimum Gasteiger partial charge on any atom is -0.475 e. The van der Waals surface area contributed by atoms with Gasteiger partial charge in [-0.15, -0.1) is 0 Å². The van der Waals surface area contributed by atoms with Crippen LogP contribution in [0.5, 0.6) is 0 Å². The first-order valence-corrected chi connectivity index (χ1v) is 13.4. The molecule has 0 saturated carbocycles. The maximum absolute atomic E-state index is 13.4. The predicted octanol–water partition coefficient (Wildman–Crippen LogP) is 5.52. The van der Waals surface area contributed by atoms with E-state index in [0.717, 1.165) is 16.7 Å². The van der Waals surface area contributed by atoms with Crippen molar-refractivity contribution >= 4 is 47.0 Å². The summed E-state index contributed by atoms with van der Waals surface area (Å²) in [5.74, 6) is -5.22. The molecule has 8 nitrogen and oxygen atoms in total. The quantitative estimate of drug-likeness (QED) is 0.325. The van der Waals surface area contributed by atoms with Crippen LogP contribution in [0.15, 0.2) is 42.5 Å². The van der Waals surface area contributed by atoms with Crippen LogP contribution in [0.1, 0.15) is 38.8 Å². The lowest BCUT2D eigenvalue weighted by atomic mass is 9.75. The van der Waals surface area contributed by atoms with E-state index in [1.807, 2.05) is 44.2 Å². The van der Waals surface area contributed by atoms with E-state index in [1.165, 1.54) is 12.0 Å². The second-order valence-electron chi connectivity index (χ2n) is 10.2. The minimum absolute atomic E-state index is 0.0987. The predicted molar refractivity (Wildman–Crippen MR) is 145 cm³/mol. The van der Waals surface area contributed by atoms with E-state index in [-0.39, 0.29) is 24.3 Å². The standard InChI is InChI=1S/C26H28Cl2N2O4.C2HF3O2/c1-5-30-23(31)20-21(24(30)32)26(13-14(2)3,25(33)34-4)29-22(20)16-8-6-15(7-9-16)17-10-11-18(27)19(28)12-17;3-2(4,5)1(6)7/h6-12,14,20-22,29H,5,13H2,1-4H3;(H,6,7)/t20?,21?,22?,26-;/m1./s1. The number of methoxy groups -OCH3 is 1. The van der Waals surface area contributed by atoms with Crippen molar-refractivity contribution in [2.45, 2.75) is 44.9 Å². The molecule has 222 valence electrons. The normalized spacial score (nSPS) is 23.8.